The fraction of sp³-hybridized carbons (Fsp3) is 0.185. The van der Waals surface area contributed by atoms with Crippen LogP contribution in [-0.4, -0.2) is 12.5 Å². The molecule has 1 amide bonds. The van der Waals surface area contributed by atoms with Crippen LogP contribution in [0.5, 0.6) is 11.5 Å². The molecule has 0 aromatic heterocycles. The van der Waals surface area contributed by atoms with E-state index in [0.29, 0.717) is 33.8 Å². The molecule has 0 saturated heterocycles. The van der Waals surface area contributed by atoms with Crippen LogP contribution in [0.3, 0.4) is 0 Å². The van der Waals surface area contributed by atoms with Crippen LogP contribution in [0, 0.1) is 21.8 Å². The highest BCUT2D eigenvalue weighted by molar-refractivity contribution is 14.1. The molecule has 0 radical (unpaired) electrons. The average Bonchev–Trinajstić information content (AvgIpc) is 2.83. The summed E-state index contributed by atoms with van der Waals surface area (Å²) in [6.45, 7) is 4.52. The van der Waals surface area contributed by atoms with Crippen molar-refractivity contribution in [2.24, 2.45) is 0 Å². The number of nitrogens with one attached hydrogen (secondary N) is 1. The molecule has 0 aliphatic carbocycles. The Labute approximate surface area is 220 Å². The molecule has 0 aliphatic heterocycles. The zero-order valence-electron chi connectivity index (χ0n) is 19.4. The van der Waals surface area contributed by atoms with Crippen molar-refractivity contribution >= 4 is 40.3 Å². The summed E-state index contributed by atoms with van der Waals surface area (Å²) < 4.78 is 51.4. The number of carbonyl (C=O) groups is 1. The largest absolute Gasteiger partial charge is 0.490 e. The highest BCUT2D eigenvalue weighted by Crippen LogP contribution is 2.36. The van der Waals surface area contributed by atoms with E-state index in [4.69, 9.17) is 9.47 Å². The van der Waals surface area contributed by atoms with Gasteiger partial charge in [0.1, 0.15) is 18.2 Å². The van der Waals surface area contributed by atoms with Crippen LogP contribution >= 0.6 is 22.6 Å². The molecule has 1 N–H and O–H groups in total. The Hall–Kier alpha value is -3.52. The van der Waals surface area contributed by atoms with E-state index >= 15 is 0 Å². The Morgan fingerprint density at radius 3 is 2.53 bits per heavy atom. The van der Waals surface area contributed by atoms with Gasteiger partial charge in [-0.3, -0.25) is 4.79 Å². The molecule has 0 spiro atoms. The van der Waals surface area contributed by atoms with Gasteiger partial charge in [-0.15, -0.1) is 0 Å². The highest BCUT2D eigenvalue weighted by atomic mass is 127. The lowest BCUT2D eigenvalue weighted by Gasteiger charge is -2.16. The molecule has 3 aromatic rings. The molecule has 5 nitrogen and oxygen atoms in total. The van der Waals surface area contributed by atoms with Gasteiger partial charge in [0.2, 0.25) is 0 Å². The van der Waals surface area contributed by atoms with E-state index in [0.717, 1.165) is 23.3 Å². The number of nitrogens with zero attached hydrogens (tertiary/aromatic N) is 1. The van der Waals surface area contributed by atoms with E-state index in [1.54, 1.807) is 18.2 Å². The number of nitriles is 1. The Bertz CT molecular complexity index is 1330. The number of rotatable bonds is 8. The van der Waals surface area contributed by atoms with Crippen LogP contribution in [0.1, 0.15) is 29.2 Å². The first kappa shape index (κ1) is 27.1. The van der Waals surface area contributed by atoms with E-state index in [2.05, 4.69) is 27.9 Å². The Kier molecular flexibility index (Phi) is 8.98. The van der Waals surface area contributed by atoms with Gasteiger partial charge in [0.25, 0.3) is 5.91 Å². The zero-order chi connectivity index (χ0) is 26.3. The van der Waals surface area contributed by atoms with Gasteiger partial charge in [0, 0.05) is 5.69 Å². The molecule has 0 saturated carbocycles. The van der Waals surface area contributed by atoms with Crippen LogP contribution < -0.4 is 14.8 Å². The van der Waals surface area contributed by atoms with Crippen LogP contribution in [0.15, 0.2) is 66.2 Å². The molecule has 9 heteroatoms. The number of ether oxygens (including phenoxy) is 2. The first-order valence-corrected chi connectivity index (χ1v) is 11.9. The van der Waals surface area contributed by atoms with Gasteiger partial charge < -0.3 is 14.8 Å². The van der Waals surface area contributed by atoms with Gasteiger partial charge in [-0.25, -0.2) is 0 Å². The fourth-order valence-corrected chi connectivity index (χ4v) is 4.06. The van der Waals surface area contributed by atoms with E-state index in [9.17, 15) is 23.2 Å². The van der Waals surface area contributed by atoms with Crippen LogP contribution in [0.25, 0.3) is 6.08 Å². The molecule has 36 heavy (non-hydrogen) atoms. The second kappa shape index (κ2) is 11.9. The smallest absolute Gasteiger partial charge is 0.416 e. The summed E-state index contributed by atoms with van der Waals surface area (Å²) in [5.41, 5.74) is 1.37. The molecular formula is C27H22F3IN2O3. The molecule has 0 heterocycles. The summed E-state index contributed by atoms with van der Waals surface area (Å²) in [5.74, 6) is 0.147. The van der Waals surface area contributed by atoms with E-state index in [-0.39, 0.29) is 11.3 Å². The molecule has 0 bridgehead atoms. The molecular weight excluding hydrogens is 584 g/mol. The van der Waals surface area contributed by atoms with Gasteiger partial charge in [-0.05, 0) is 89.5 Å². The van der Waals surface area contributed by atoms with Crippen molar-refractivity contribution in [2.75, 3.05) is 11.9 Å². The topological polar surface area (TPSA) is 71.3 Å². The van der Waals surface area contributed by atoms with Crippen LogP contribution in [-0.2, 0) is 17.6 Å². The average molecular weight is 606 g/mol. The number of halogens is 4. The van der Waals surface area contributed by atoms with Gasteiger partial charge in [-0.1, -0.05) is 30.3 Å². The molecule has 0 unspecified atom stereocenters. The highest BCUT2D eigenvalue weighted by Gasteiger charge is 2.30. The number of carbonyl (C=O) groups excluding carboxylic acids is 1. The zero-order valence-corrected chi connectivity index (χ0v) is 21.6. The number of hydrogen-bond donors (Lipinski definition) is 1. The first-order valence-electron chi connectivity index (χ1n) is 10.9. The Morgan fingerprint density at radius 2 is 1.86 bits per heavy atom. The molecule has 186 valence electrons. The third-order valence-electron chi connectivity index (χ3n) is 5.09. The lowest BCUT2D eigenvalue weighted by Crippen LogP contribution is -2.14. The van der Waals surface area contributed by atoms with Gasteiger partial charge in [0.15, 0.2) is 11.5 Å². The Balaban J connectivity index is 1.85. The lowest BCUT2D eigenvalue weighted by molar-refractivity contribution is -0.137. The minimum atomic E-state index is -4.55. The van der Waals surface area contributed by atoms with E-state index in [1.165, 1.54) is 18.2 Å². The van der Waals surface area contributed by atoms with Crippen LogP contribution in [0.2, 0.25) is 0 Å². The second-order valence-corrected chi connectivity index (χ2v) is 8.84. The summed E-state index contributed by atoms with van der Waals surface area (Å²) in [4.78, 5) is 12.6. The van der Waals surface area contributed by atoms with Crippen molar-refractivity contribution in [1.29, 1.82) is 5.26 Å². The maximum atomic E-state index is 13.0. The summed E-state index contributed by atoms with van der Waals surface area (Å²) >= 11 is 2.08. The predicted molar refractivity (Wildman–Crippen MR) is 140 cm³/mol. The van der Waals surface area contributed by atoms with Crippen LogP contribution in [0.4, 0.5) is 18.9 Å². The number of amides is 1. The van der Waals surface area contributed by atoms with Crippen molar-refractivity contribution in [3.05, 3.63) is 92.1 Å². The molecule has 3 aromatic carbocycles. The SMILES string of the molecule is CCOc1cc(/C=C(/C#N)C(=O)Nc2cccc(C(F)(F)F)c2)cc(I)c1OCc1ccccc1C. The summed E-state index contributed by atoms with van der Waals surface area (Å²) in [5, 5.41) is 11.9. The third kappa shape index (κ3) is 7.01. The lowest BCUT2D eigenvalue weighted by atomic mass is 10.1. The molecule has 0 fully saturated rings. The number of aryl methyl sites for hydroxylation is 1. The quantitative estimate of drug-likeness (QED) is 0.168. The van der Waals surface area contributed by atoms with Gasteiger partial charge in [0.05, 0.1) is 15.7 Å². The Morgan fingerprint density at radius 1 is 1.11 bits per heavy atom. The first-order chi connectivity index (χ1) is 17.1. The normalized spacial score (nSPS) is 11.5. The van der Waals surface area contributed by atoms with Crippen molar-refractivity contribution in [3.8, 4) is 17.6 Å². The summed E-state index contributed by atoms with van der Waals surface area (Å²) in [6, 6.07) is 17.2. The minimum Gasteiger partial charge on any atom is -0.490 e. The number of anilines is 1. The van der Waals surface area contributed by atoms with Crippen molar-refractivity contribution in [3.63, 3.8) is 0 Å². The van der Waals surface area contributed by atoms with E-state index < -0.39 is 17.6 Å². The van der Waals surface area contributed by atoms with Gasteiger partial charge >= 0.3 is 6.18 Å². The fourth-order valence-electron chi connectivity index (χ4n) is 3.28. The molecule has 0 atom stereocenters. The van der Waals surface area contributed by atoms with Crippen molar-refractivity contribution in [2.45, 2.75) is 26.6 Å². The van der Waals surface area contributed by atoms with Crippen molar-refractivity contribution in [1.82, 2.24) is 0 Å². The predicted octanol–water partition coefficient (Wildman–Crippen LogP) is 7.14. The third-order valence-corrected chi connectivity index (χ3v) is 5.89. The maximum absolute atomic E-state index is 13.0. The van der Waals surface area contributed by atoms with E-state index in [1.807, 2.05) is 38.1 Å². The summed E-state index contributed by atoms with van der Waals surface area (Å²) in [7, 11) is 0. The monoisotopic (exact) mass is 606 g/mol. The minimum absolute atomic E-state index is 0.0690. The number of alkyl halides is 3. The standard InChI is InChI=1S/C27H22F3IN2O3/c1-3-35-24-13-18(12-23(31)25(24)36-16-19-8-5-4-7-17(19)2)11-20(15-32)26(34)33-22-10-6-9-21(14-22)27(28,29)30/h4-14H,3,16H2,1-2H3,(H,33,34)/b20-11-. The number of benzene rings is 3. The second-order valence-electron chi connectivity index (χ2n) is 7.68. The maximum Gasteiger partial charge on any atom is 0.416 e. The summed E-state index contributed by atoms with van der Waals surface area (Å²) in [6.07, 6.45) is -3.21. The number of hydrogen-bond acceptors (Lipinski definition) is 4. The van der Waals surface area contributed by atoms with Crippen molar-refractivity contribution < 1.29 is 27.4 Å². The molecule has 3 rings (SSSR count). The van der Waals surface area contributed by atoms with Gasteiger partial charge in [-0.2, -0.15) is 18.4 Å². The molecule has 0 aliphatic rings.